The molecule has 0 radical (unpaired) electrons. The van der Waals surface area contributed by atoms with Gasteiger partial charge >= 0.3 is 0 Å². The minimum absolute atomic E-state index is 0.146. The molecule has 7 heteroatoms. The number of aryl methyl sites for hydroxylation is 3. The first kappa shape index (κ1) is 24.4. The molecule has 1 aliphatic rings. The van der Waals surface area contributed by atoms with Crippen LogP contribution in [-0.2, 0) is 9.47 Å². The third-order valence-electron chi connectivity index (χ3n) is 6.05. The molecule has 0 heterocycles. The maximum absolute atomic E-state index is 13.6. The van der Waals surface area contributed by atoms with Crippen molar-refractivity contribution in [3.8, 4) is 5.75 Å². The average molecular weight is 475 g/mol. The third-order valence-corrected chi connectivity index (χ3v) is 6.05. The lowest BCUT2D eigenvalue weighted by molar-refractivity contribution is 0.0545. The smallest absolute Gasteiger partial charge is 0.196 e. The number of rotatable bonds is 9. The average Bonchev–Trinajstić information content (AvgIpc) is 2.83. The molecule has 1 aliphatic carbocycles. The van der Waals surface area contributed by atoms with Crippen LogP contribution in [0.2, 0.25) is 0 Å². The van der Waals surface area contributed by atoms with Crippen LogP contribution in [0, 0.1) is 20.8 Å². The summed E-state index contributed by atoms with van der Waals surface area (Å²) >= 11 is 0. The molecule has 7 nitrogen and oxygen atoms in total. The van der Waals surface area contributed by atoms with Gasteiger partial charge in [-0.15, -0.1) is 0 Å². The second-order valence-corrected chi connectivity index (χ2v) is 8.64. The number of nitrogens with two attached hydrogens (primary N) is 1. The van der Waals surface area contributed by atoms with Gasteiger partial charge in [-0.25, -0.2) is 0 Å². The van der Waals surface area contributed by atoms with E-state index in [-0.39, 0.29) is 35.0 Å². The summed E-state index contributed by atoms with van der Waals surface area (Å²) in [6, 6.07) is 12.6. The molecule has 0 aliphatic heterocycles. The Hall–Kier alpha value is -3.68. The first-order chi connectivity index (χ1) is 16.8. The van der Waals surface area contributed by atoms with Crippen LogP contribution in [0.25, 0.3) is 0 Å². The van der Waals surface area contributed by atoms with E-state index in [0.717, 1.165) is 22.4 Å². The Morgan fingerprint density at radius 2 is 1.43 bits per heavy atom. The van der Waals surface area contributed by atoms with Crippen LogP contribution < -0.4 is 15.8 Å². The molecule has 3 aromatic carbocycles. The lowest BCUT2D eigenvalue weighted by Gasteiger charge is -2.25. The summed E-state index contributed by atoms with van der Waals surface area (Å²) in [5.74, 6) is -0.222. The molecule has 3 aromatic rings. The van der Waals surface area contributed by atoms with E-state index in [2.05, 4.69) is 17.4 Å². The van der Waals surface area contributed by atoms with Gasteiger partial charge in [-0.2, -0.15) is 0 Å². The van der Waals surface area contributed by atoms with E-state index < -0.39 is 0 Å². The first-order valence-corrected chi connectivity index (χ1v) is 11.5. The molecule has 3 N–H and O–H groups in total. The molecule has 0 amide bonds. The maximum atomic E-state index is 13.6. The zero-order valence-electron chi connectivity index (χ0n) is 20.5. The highest BCUT2D eigenvalue weighted by atomic mass is 16.5. The first-order valence-electron chi connectivity index (χ1n) is 11.5. The summed E-state index contributed by atoms with van der Waals surface area (Å²) in [6.07, 6.45) is 0. The van der Waals surface area contributed by atoms with Crippen LogP contribution in [0.15, 0.2) is 42.5 Å². The number of nitrogens with one attached hydrogen (secondary N) is 1. The van der Waals surface area contributed by atoms with Crippen molar-refractivity contribution in [3.63, 3.8) is 0 Å². The third kappa shape index (κ3) is 4.78. The minimum Gasteiger partial charge on any atom is -0.489 e. The van der Waals surface area contributed by atoms with Gasteiger partial charge in [-0.3, -0.25) is 9.59 Å². The normalized spacial score (nSPS) is 12.3. The second-order valence-electron chi connectivity index (χ2n) is 8.64. The van der Waals surface area contributed by atoms with E-state index in [1.807, 2.05) is 20.8 Å². The van der Waals surface area contributed by atoms with Crippen molar-refractivity contribution in [1.82, 2.24) is 0 Å². The highest BCUT2D eigenvalue weighted by Crippen LogP contribution is 2.42. The highest BCUT2D eigenvalue weighted by molar-refractivity contribution is 6.32. The second kappa shape index (κ2) is 10.3. The maximum Gasteiger partial charge on any atom is 0.196 e. The largest absolute Gasteiger partial charge is 0.489 e. The molecule has 0 aromatic heterocycles. The monoisotopic (exact) mass is 474 g/mol. The van der Waals surface area contributed by atoms with Gasteiger partial charge < -0.3 is 25.3 Å². The fourth-order valence-electron chi connectivity index (χ4n) is 4.48. The van der Waals surface area contributed by atoms with Crippen molar-refractivity contribution < 1.29 is 23.8 Å². The Morgan fingerprint density at radius 3 is 2.06 bits per heavy atom. The zero-order valence-corrected chi connectivity index (χ0v) is 20.5. The Morgan fingerprint density at radius 1 is 0.829 bits per heavy atom. The molecule has 0 saturated heterocycles. The molecule has 182 valence electrons. The van der Waals surface area contributed by atoms with Crippen molar-refractivity contribution in [1.29, 1.82) is 0 Å². The molecule has 0 fully saturated rings. The van der Waals surface area contributed by atoms with Gasteiger partial charge in [0.1, 0.15) is 12.4 Å². The van der Waals surface area contributed by atoms with E-state index in [0.29, 0.717) is 42.4 Å². The van der Waals surface area contributed by atoms with Crippen LogP contribution in [-0.4, -0.2) is 45.1 Å². The van der Waals surface area contributed by atoms with Gasteiger partial charge in [-0.05, 0) is 31.9 Å². The van der Waals surface area contributed by atoms with E-state index in [4.69, 9.17) is 19.9 Å². The Kier molecular flexibility index (Phi) is 7.19. The van der Waals surface area contributed by atoms with Gasteiger partial charge in [0.25, 0.3) is 0 Å². The van der Waals surface area contributed by atoms with Gasteiger partial charge in [0, 0.05) is 30.0 Å². The number of anilines is 3. The van der Waals surface area contributed by atoms with Gasteiger partial charge in [-0.1, -0.05) is 42.0 Å². The van der Waals surface area contributed by atoms with Crippen molar-refractivity contribution in [2.75, 3.05) is 44.6 Å². The Labute approximate surface area is 205 Å². The number of carbonyl (C=O) groups excluding carboxylic acids is 2. The molecule has 0 spiro atoms. The summed E-state index contributed by atoms with van der Waals surface area (Å²) in [4.78, 5) is 27.1. The summed E-state index contributed by atoms with van der Waals surface area (Å²) in [5.41, 5.74) is 12.2. The fourth-order valence-corrected chi connectivity index (χ4v) is 4.48. The van der Waals surface area contributed by atoms with E-state index in [9.17, 15) is 9.59 Å². The van der Waals surface area contributed by atoms with Crippen LogP contribution in [0.5, 0.6) is 5.75 Å². The van der Waals surface area contributed by atoms with Crippen molar-refractivity contribution in [2.45, 2.75) is 20.8 Å². The summed E-state index contributed by atoms with van der Waals surface area (Å²) in [6.45, 7) is 7.53. The molecule has 0 saturated carbocycles. The quantitative estimate of drug-likeness (QED) is 0.267. The topological polar surface area (TPSA) is 99.9 Å². The number of methoxy groups -OCH3 is 1. The number of benzene rings is 3. The van der Waals surface area contributed by atoms with Crippen LogP contribution >= 0.6 is 0 Å². The lowest BCUT2D eigenvalue weighted by atomic mass is 9.82. The number of nitrogen functional groups attached to an aromatic ring is 1. The van der Waals surface area contributed by atoms with E-state index in [1.54, 1.807) is 37.4 Å². The molecule has 4 rings (SSSR count). The molecule has 0 bridgehead atoms. The van der Waals surface area contributed by atoms with Gasteiger partial charge in [0.2, 0.25) is 0 Å². The molecule has 0 unspecified atom stereocenters. The lowest BCUT2D eigenvalue weighted by Crippen LogP contribution is -2.24. The standard InChI is InChI=1S/C28H30N2O5/c1-16-13-17(2)26(18(3)14-16)30-21-15-22(35-12-11-34-10-9-33-4)25(29)24-23(21)27(31)19-7-5-6-8-20(19)28(24)32/h5-8,13-15,30H,9-12,29H2,1-4H3. The number of carbonyl (C=O) groups is 2. The Balaban J connectivity index is 1.78. The van der Waals surface area contributed by atoms with E-state index >= 15 is 0 Å². The van der Waals surface area contributed by atoms with Gasteiger partial charge in [0.05, 0.1) is 42.3 Å². The van der Waals surface area contributed by atoms with Crippen LogP contribution in [0.1, 0.15) is 48.5 Å². The SMILES string of the molecule is COCCOCCOc1cc(Nc2c(C)cc(C)cc2C)c2c(c1N)C(=O)c1ccccc1C2=O. The number of fused-ring (bicyclic) bond motifs is 2. The molecule has 35 heavy (non-hydrogen) atoms. The minimum atomic E-state index is -0.296. The van der Waals surface area contributed by atoms with Crippen molar-refractivity contribution in [2.24, 2.45) is 0 Å². The molecule has 0 atom stereocenters. The van der Waals surface area contributed by atoms with E-state index in [1.165, 1.54) is 0 Å². The number of ketones is 2. The van der Waals surface area contributed by atoms with Crippen molar-refractivity contribution in [3.05, 3.63) is 81.4 Å². The molecular weight excluding hydrogens is 444 g/mol. The Bertz CT molecular complexity index is 1280. The predicted molar refractivity (Wildman–Crippen MR) is 136 cm³/mol. The summed E-state index contributed by atoms with van der Waals surface area (Å²) in [7, 11) is 1.61. The summed E-state index contributed by atoms with van der Waals surface area (Å²) in [5, 5.41) is 3.41. The summed E-state index contributed by atoms with van der Waals surface area (Å²) < 4.78 is 16.4. The molecular formula is C28H30N2O5. The van der Waals surface area contributed by atoms with Crippen molar-refractivity contribution >= 4 is 28.6 Å². The number of ether oxygens (including phenoxy) is 3. The number of hydrogen-bond acceptors (Lipinski definition) is 7. The van der Waals surface area contributed by atoms with Crippen LogP contribution in [0.3, 0.4) is 0 Å². The van der Waals surface area contributed by atoms with Crippen LogP contribution in [0.4, 0.5) is 17.1 Å². The highest BCUT2D eigenvalue weighted by Gasteiger charge is 2.35. The predicted octanol–water partition coefficient (Wildman–Crippen LogP) is 4.75. The number of hydrogen-bond donors (Lipinski definition) is 2. The zero-order chi connectivity index (χ0) is 25.1. The van der Waals surface area contributed by atoms with Gasteiger partial charge in [0.15, 0.2) is 11.6 Å². The fraction of sp³-hybridized carbons (Fsp3) is 0.286.